The predicted molar refractivity (Wildman–Crippen MR) is 176 cm³/mol. The third kappa shape index (κ3) is 7.06. The van der Waals surface area contributed by atoms with Gasteiger partial charge in [-0.25, -0.2) is 14.5 Å². The van der Waals surface area contributed by atoms with Gasteiger partial charge in [0.25, 0.3) is 0 Å². The van der Waals surface area contributed by atoms with Crippen LogP contribution in [0.25, 0.3) is 16.5 Å². The third-order valence-electron chi connectivity index (χ3n) is 7.12. The van der Waals surface area contributed by atoms with Crippen molar-refractivity contribution < 1.29 is 14.3 Å². The number of benzene rings is 3. The molecule has 0 fully saturated rings. The van der Waals surface area contributed by atoms with Crippen LogP contribution in [0.15, 0.2) is 85.1 Å². The van der Waals surface area contributed by atoms with Gasteiger partial charge in [0.15, 0.2) is 0 Å². The molecule has 2 heterocycles. The molecule has 0 radical (unpaired) electrons. The lowest BCUT2D eigenvalue weighted by Crippen LogP contribution is -2.21. The van der Waals surface area contributed by atoms with Crippen LogP contribution in [0.2, 0.25) is 0 Å². The summed E-state index contributed by atoms with van der Waals surface area (Å²) < 4.78 is 7.95. The molecule has 0 aliphatic rings. The van der Waals surface area contributed by atoms with Gasteiger partial charge in [-0.2, -0.15) is 5.10 Å². The van der Waals surface area contributed by atoms with Gasteiger partial charge in [-0.3, -0.25) is 10.1 Å². The van der Waals surface area contributed by atoms with Crippen LogP contribution in [-0.2, 0) is 16.8 Å². The maximum Gasteiger partial charge on any atom is 0.324 e. The largest absolute Gasteiger partial charge is 0.488 e. The Morgan fingerprint density at radius 2 is 1.61 bits per heavy atom. The highest BCUT2D eigenvalue weighted by atomic mass is 16.5. The van der Waals surface area contributed by atoms with E-state index in [1.54, 1.807) is 16.9 Å². The fraction of sp³-hybridized carbons (Fsp3) is 0.257. The summed E-state index contributed by atoms with van der Waals surface area (Å²) in [7, 11) is 0. The molecule has 9 nitrogen and oxygen atoms in total. The molecule has 3 aromatic carbocycles. The van der Waals surface area contributed by atoms with Crippen molar-refractivity contribution in [3.63, 3.8) is 0 Å². The van der Waals surface area contributed by atoms with E-state index < -0.39 is 0 Å². The minimum Gasteiger partial charge on any atom is -0.488 e. The third-order valence-corrected chi connectivity index (χ3v) is 7.12. The van der Waals surface area contributed by atoms with E-state index in [1.807, 2.05) is 93.6 Å². The van der Waals surface area contributed by atoms with Crippen molar-refractivity contribution >= 4 is 40.0 Å². The molecule has 0 atom stereocenters. The van der Waals surface area contributed by atoms with Crippen LogP contribution >= 0.6 is 0 Å². The average Bonchev–Trinajstić information content (AvgIpc) is 3.41. The zero-order chi connectivity index (χ0) is 31.4. The number of fused-ring (bicyclic) bond motifs is 1. The standard InChI is InChI=1S/C35H38N6O3/c1-22(2)33(42)38-31-19-24(17-18-36-31)21-44-29-16-15-28(26-9-7-8-10-27(26)29)37-34(43)39-32-20-30(35(4,5)6)40-41(32)25-13-11-23(3)12-14-25/h7-20,22H,21H2,1-6H3,(H,36,38,42)(H2,37,39,43). The van der Waals surface area contributed by atoms with Crippen LogP contribution in [-0.4, -0.2) is 26.7 Å². The molecule has 2 aromatic heterocycles. The fourth-order valence-corrected chi connectivity index (χ4v) is 4.56. The first-order valence-electron chi connectivity index (χ1n) is 14.6. The SMILES string of the molecule is Cc1ccc(-n2nc(C(C)(C)C)cc2NC(=O)Nc2ccc(OCc3ccnc(NC(=O)C(C)C)c3)c3ccccc23)cc1. The second-order valence-corrected chi connectivity index (χ2v) is 12.1. The first-order chi connectivity index (χ1) is 21.0. The van der Waals surface area contributed by atoms with Gasteiger partial charge in [0.2, 0.25) is 5.91 Å². The number of hydrogen-bond acceptors (Lipinski definition) is 5. The first kappa shape index (κ1) is 30.3. The normalized spacial score (nSPS) is 11.4. The number of nitrogens with one attached hydrogen (secondary N) is 3. The number of carbonyl (C=O) groups is 2. The summed E-state index contributed by atoms with van der Waals surface area (Å²) in [6.07, 6.45) is 1.65. The molecule has 3 amide bonds. The molecular weight excluding hydrogens is 552 g/mol. The maximum atomic E-state index is 13.3. The number of amides is 3. The molecule has 226 valence electrons. The highest BCUT2D eigenvalue weighted by molar-refractivity contribution is 6.07. The Kier molecular flexibility index (Phi) is 8.66. The minimum absolute atomic E-state index is 0.0945. The number of nitrogens with zero attached hydrogens (tertiary/aromatic N) is 3. The van der Waals surface area contributed by atoms with Crippen molar-refractivity contribution in [3.8, 4) is 11.4 Å². The van der Waals surface area contributed by atoms with Crippen molar-refractivity contribution in [1.29, 1.82) is 0 Å². The number of ether oxygens (including phenoxy) is 1. The molecule has 5 aromatic rings. The lowest BCUT2D eigenvalue weighted by Gasteiger charge is -2.15. The van der Waals surface area contributed by atoms with E-state index in [1.165, 1.54) is 0 Å². The van der Waals surface area contributed by atoms with E-state index in [0.717, 1.165) is 33.3 Å². The predicted octanol–water partition coefficient (Wildman–Crippen LogP) is 7.84. The van der Waals surface area contributed by atoms with E-state index in [0.29, 0.717) is 23.1 Å². The van der Waals surface area contributed by atoms with Crippen molar-refractivity contribution in [2.24, 2.45) is 5.92 Å². The number of carbonyl (C=O) groups excluding carboxylic acids is 2. The summed E-state index contributed by atoms with van der Waals surface area (Å²) in [5.74, 6) is 1.49. The van der Waals surface area contributed by atoms with Crippen molar-refractivity contribution in [2.45, 2.75) is 53.6 Å². The Morgan fingerprint density at radius 1 is 0.886 bits per heavy atom. The highest BCUT2D eigenvalue weighted by Crippen LogP contribution is 2.33. The van der Waals surface area contributed by atoms with E-state index >= 15 is 0 Å². The van der Waals surface area contributed by atoms with Gasteiger partial charge in [0, 0.05) is 34.4 Å². The number of aryl methyl sites for hydroxylation is 1. The first-order valence-corrected chi connectivity index (χ1v) is 14.6. The highest BCUT2D eigenvalue weighted by Gasteiger charge is 2.22. The van der Waals surface area contributed by atoms with Crippen LogP contribution in [0.3, 0.4) is 0 Å². The van der Waals surface area contributed by atoms with E-state index in [-0.39, 0.29) is 29.9 Å². The number of pyridine rings is 1. The Bertz CT molecular complexity index is 1800. The number of aromatic nitrogens is 3. The minimum atomic E-state index is -0.384. The second-order valence-electron chi connectivity index (χ2n) is 12.1. The lowest BCUT2D eigenvalue weighted by atomic mass is 9.92. The summed E-state index contributed by atoms with van der Waals surface area (Å²) in [6, 6.07) is 24.6. The Hall–Kier alpha value is -5.18. The summed E-state index contributed by atoms with van der Waals surface area (Å²) in [6.45, 7) is 12.2. The number of rotatable bonds is 8. The summed E-state index contributed by atoms with van der Waals surface area (Å²) in [5, 5.41) is 15.3. The Labute approximate surface area is 257 Å². The van der Waals surface area contributed by atoms with Gasteiger partial charge in [-0.05, 0) is 48.9 Å². The van der Waals surface area contributed by atoms with Crippen LogP contribution in [0.1, 0.15) is 51.4 Å². The molecule has 44 heavy (non-hydrogen) atoms. The van der Waals surface area contributed by atoms with Crippen LogP contribution in [0, 0.1) is 12.8 Å². The van der Waals surface area contributed by atoms with Gasteiger partial charge in [-0.1, -0.05) is 76.6 Å². The quantitative estimate of drug-likeness (QED) is 0.171. The van der Waals surface area contributed by atoms with Gasteiger partial charge < -0.3 is 15.4 Å². The maximum absolute atomic E-state index is 13.3. The van der Waals surface area contributed by atoms with E-state index in [9.17, 15) is 9.59 Å². The molecule has 0 aliphatic heterocycles. The van der Waals surface area contributed by atoms with Crippen molar-refractivity contribution in [1.82, 2.24) is 14.8 Å². The summed E-state index contributed by atoms with van der Waals surface area (Å²) in [4.78, 5) is 29.6. The molecule has 0 bridgehead atoms. The zero-order valence-corrected chi connectivity index (χ0v) is 25.9. The zero-order valence-electron chi connectivity index (χ0n) is 25.9. The van der Waals surface area contributed by atoms with Crippen LogP contribution in [0.5, 0.6) is 5.75 Å². The molecule has 0 saturated carbocycles. The molecule has 0 aliphatic carbocycles. The van der Waals surface area contributed by atoms with Gasteiger partial charge in [0.05, 0.1) is 17.1 Å². The Balaban J connectivity index is 1.34. The monoisotopic (exact) mass is 590 g/mol. The van der Waals surface area contributed by atoms with Gasteiger partial charge >= 0.3 is 6.03 Å². The topological polar surface area (TPSA) is 110 Å². The molecule has 0 spiro atoms. The Morgan fingerprint density at radius 3 is 2.32 bits per heavy atom. The molecule has 9 heteroatoms. The average molecular weight is 591 g/mol. The smallest absolute Gasteiger partial charge is 0.324 e. The molecule has 3 N–H and O–H groups in total. The van der Waals surface area contributed by atoms with Crippen molar-refractivity contribution in [2.75, 3.05) is 16.0 Å². The van der Waals surface area contributed by atoms with Crippen LogP contribution < -0.4 is 20.7 Å². The summed E-state index contributed by atoms with van der Waals surface area (Å²) in [5.41, 5.74) is 4.18. The van der Waals surface area contributed by atoms with Gasteiger partial charge in [-0.15, -0.1) is 0 Å². The molecular formula is C35H38N6O3. The van der Waals surface area contributed by atoms with Crippen LogP contribution in [0.4, 0.5) is 22.1 Å². The molecule has 0 unspecified atom stereocenters. The van der Waals surface area contributed by atoms with E-state index in [2.05, 4.69) is 41.7 Å². The second kappa shape index (κ2) is 12.6. The molecule has 0 saturated heterocycles. The number of hydrogen-bond donors (Lipinski definition) is 3. The fourth-order valence-electron chi connectivity index (χ4n) is 4.56. The van der Waals surface area contributed by atoms with Gasteiger partial charge in [0.1, 0.15) is 24.0 Å². The number of anilines is 3. The van der Waals surface area contributed by atoms with E-state index in [4.69, 9.17) is 9.84 Å². The summed E-state index contributed by atoms with van der Waals surface area (Å²) >= 11 is 0. The number of urea groups is 1. The molecule has 5 rings (SSSR count). The van der Waals surface area contributed by atoms with Crippen molar-refractivity contribution in [3.05, 3.63) is 102 Å². The lowest BCUT2D eigenvalue weighted by molar-refractivity contribution is -0.118.